The van der Waals surface area contributed by atoms with Crippen molar-refractivity contribution in [1.82, 2.24) is 4.98 Å². The molecule has 1 heterocycles. The minimum absolute atomic E-state index is 0.125. The second kappa shape index (κ2) is 7.17. The summed E-state index contributed by atoms with van der Waals surface area (Å²) < 4.78 is 42.6. The van der Waals surface area contributed by atoms with Gasteiger partial charge in [-0.25, -0.2) is 4.98 Å². The number of aliphatic carboxylic acids is 1. The van der Waals surface area contributed by atoms with Crippen molar-refractivity contribution in [2.45, 2.75) is 12.8 Å². The van der Waals surface area contributed by atoms with E-state index in [0.717, 1.165) is 4.70 Å². The number of carbonyl (C=O) groups is 1. The number of rotatable bonds is 5. The summed E-state index contributed by atoms with van der Waals surface area (Å²) in [4.78, 5) is 15.6. The molecular weight excluding hydrogens is 367 g/mol. The molecule has 0 atom stereocenters. The molecule has 0 saturated carbocycles. The van der Waals surface area contributed by atoms with Gasteiger partial charge in [-0.15, -0.1) is 24.5 Å². The summed E-state index contributed by atoms with van der Waals surface area (Å²) in [7, 11) is 0. The number of hydrogen-bond acceptors (Lipinski definition) is 4. The van der Waals surface area contributed by atoms with Crippen LogP contribution < -0.4 is 4.74 Å². The molecule has 4 nitrogen and oxygen atoms in total. The second-order valence-electron chi connectivity index (χ2n) is 5.31. The highest BCUT2D eigenvalue weighted by atomic mass is 32.1. The zero-order valence-electron chi connectivity index (χ0n) is 13.2. The average Bonchev–Trinajstić information content (AvgIpc) is 2.98. The lowest BCUT2D eigenvalue weighted by Crippen LogP contribution is -2.17. The molecule has 26 heavy (non-hydrogen) atoms. The monoisotopic (exact) mass is 379 g/mol. The van der Waals surface area contributed by atoms with Crippen molar-refractivity contribution < 1.29 is 27.8 Å². The van der Waals surface area contributed by atoms with Crippen LogP contribution in [0, 0.1) is 0 Å². The third-order valence-electron chi connectivity index (χ3n) is 3.38. The third-order valence-corrected chi connectivity index (χ3v) is 4.50. The number of carboxylic acid groups (broad SMARTS) is 1. The number of alkyl halides is 3. The lowest BCUT2D eigenvalue weighted by Gasteiger charge is -2.12. The molecule has 134 valence electrons. The van der Waals surface area contributed by atoms with Gasteiger partial charge in [-0.3, -0.25) is 4.79 Å². The molecule has 0 aliphatic carbocycles. The number of benzene rings is 2. The lowest BCUT2D eigenvalue weighted by molar-refractivity contribution is -0.274. The zero-order valence-corrected chi connectivity index (χ0v) is 14.0. The standard InChI is InChI=1S/C18H12F3NO3S/c19-18(20,21)25-14-7-3-1-5-11(14)9-12(10-16(23)24)17-22-13-6-2-4-8-15(13)26-17/h1-9H,10H2,(H,23,24)/b12-9+. The largest absolute Gasteiger partial charge is 0.573 e. The van der Waals surface area contributed by atoms with Crippen LogP contribution in [0.2, 0.25) is 0 Å². The first kappa shape index (κ1) is 17.9. The highest BCUT2D eigenvalue weighted by molar-refractivity contribution is 7.19. The van der Waals surface area contributed by atoms with E-state index in [9.17, 15) is 23.1 Å². The molecule has 8 heteroatoms. The summed E-state index contributed by atoms with van der Waals surface area (Å²) >= 11 is 1.28. The van der Waals surface area contributed by atoms with E-state index in [4.69, 9.17) is 0 Å². The van der Waals surface area contributed by atoms with Gasteiger partial charge in [0, 0.05) is 5.56 Å². The van der Waals surface area contributed by atoms with E-state index in [1.54, 1.807) is 18.2 Å². The van der Waals surface area contributed by atoms with Crippen LogP contribution in [0.3, 0.4) is 0 Å². The number of carboxylic acids is 1. The Morgan fingerprint density at radius 2 is 1.85 bits per heavy atom. The fourth-order valence-corrected chi connectivity index (χ4v) is 3.35. The normalized spacial score (nSPS) is 12.3. The quantitative estimate of drug-likeness (QED) is 0.661. The number of thiazole rings is 1. The van der Waals surface area contributed by atoms with Crippen molar-refractivity contribution in [3.05, 3.63) is 59.1 Å². The van der Waals surface area contributed by atoms with Crippen molar-refractivity contribution in [2.24, 2.45) is 0 Å². The molecule has 0 spiro atoms. The maximum atomic E-state index is 12.6. The first-order valence-corrected chi connectivity index (χ1v) is 8.26. The zero-order chi connectivity index (χ0) is 18.7. The maximum Gasteiger partial charge on any atom is 0.573 e. The number of ether oxygens (including phenoxy) is 1. The van der Waals surface area contributed by atoms with Gasteiger partial charge in [0.05, 0.1) is 16.6 Å². The van der Waals surface area contributed by atoms with Crippen LogP contribution in [0.1, 0.15) is 17.0 Å². The van der Waals surface area contributed by atoms with Gasteiger partial charge in [0.25, 0.3) is 0 Å². The third kappa shape index (κ3) is 4.40. The Balaban J connectivity index is 2.07. The van der Waals surface area contributed by atoms with Gasteiger partial charge in [0.1, 0.15) is 10.8 Å². The number of nitrogens with zero attached hydrogens (tertiary/aromatic N) is 1. The molecule has 0 saturated heterocycles. The van der Waals surface area contributed by atoms with Crippen LogP contribution in [-0.2, 0) is 4.79 Å². The molecule has 1 aromatic heterocycles. The van der Waals surface area contributed by atoms with Gasteiger partial charge in [0.2, 0.25) is 0 Å². The Labute approximate surface area is 150 Å². The lowest BCUT2D eigenvalue weighted by atomic mass is 10.1. The second-order valence-corrected chi connectivity index (χ2v) is 6.34. The molecule has 0 amide bonds. The van der Waals surface area contributed by atoms with E-state index in [1.807, 2.05) is 12.1 Å². The minimum atomic E-state index is -4.84. The molecule has 3 rings (SSSR count). The van der Waals surface area contributed by atoms with E-state index in [2.05, 4.69) is 9.72 Å². The van der Waals surface area contributed by atoms with Crippen LogP contribution in [0.25, 0.3) is 21.9 Å². The molecule has 0 aliphatic heterocycles. The molecule has 3 aromatic rings. The summed E-state index contributed by atoms with van der Waals surface area (Å²) in [6, 6.07) is 12.8. The summed E-state index contributed by atoms with van der Waals surface area (Å²) in [5.41, 5.74) is 1.13. The van der Waals surface area contributed by atoms with Gasteiger partial charge >= 0.3 is 12.3 Å². The molecular formula is C18H12F3NO3S. The summed E-state index contributed by atoms with van der Waals surface area (Å²) in [6.07, 6.45) is -3.85. The van der Waals surface area contributed by atoms with Crippen LogP contribution in [0.15, 0.2) is 48.5 Å². The van der Waals surface area contributed by atoms with E-state index in [0.29, 0.717) is 16.1 Å². The van der Waals surface area contributed by atoms with Crippen molar-refractivity contribution in [3.8, 4) is 5.75 Å². The Bertz CT molecular complexity index is 946. The first-order valence-electron chi connectivity index (χ1n) is 7.45. The highest BCUT2D eigenvalue weighted by Crippen LogP contribution is 2.33. The van der Waals surface area contributed by atoms with Crippen LogP contribution in [0.5, 0.6) is 5.75 Å². The average molecular weight is 379 g/mol. The molecule has 2 aromatic carbocycles. The van der Waals surface area contributed by atoms with Gasteiger partial charge in [-0.2, -0.15) is 0 Å². The Kier molecular flexibility index (Phi) is 4.94. The number of para-hydroxylation sites is 2. The first-order chi connectivity index (χ1) is 12.3. The number of aromatic nitrogens is 1. The van der Waals surface area contributed by atoms with Gasteiger partial charge < -0.3 is 9.84 Å². The number of fused-ring (bicyclic) bond motifs is 1. The van der Waals surface area contributed by atoms with E-state index in [-0.39, 0.29) is 12.0 Å². The molecule has 0 unspecified atom stereocenters. The molecule has 0 bridgehead atoms. The Morgan fingerprint density at radius 1 is 1.15 bits per heavy atom. The minimum Gasteiger partial charge on any atom is -0.481 e. The van der Waals surface area contributed by atoms with Crippen molar-refractivity contribution in [3.63, 3.8) is 0 Å². The topological polar surface area (TPSA) is 59.4 Å². The highest BCUT2D eigenvalue weighted by Gasteiger charge is 2.31. The Hall–Kier alpha value is -2.87. The number of halogens is 3. The predicted molar refractivity (Wildman–Crippen MR) is 92.9 cm³/mol. The fourth-order valence-electron chi connectivity index (χ4n) is 2.37. The molecule has 1 N–H and O–H groups in total. The summed E-state index contributed by atoms with van der Waals surface area (Å²) in [5, 5.41) is 9.62. The van der Waals surface area contributed by atoms with Crippen LogP contribution in [-0.4, -0.2) is 22.4 Å². The smallest absolute Gasteiger partial charge is 0.481 e. The van der Waals surface area contributed by atoms with Crippen molar-refractivity contribution >= 4 is 39.2 Å². The maximum absolute atomic E-state index is 12.6. The van der Waals surface area contributed by atoms with Crippen molar-refractivity contribution in [1.29, 1.82) is 0 Å². The number of hydrogen-bond donors (Lipinski definition) is 1. The van der Waals surface area contributed by atoms with E-state index >= 15 is 0 Å². The van der Waals surface area contributed by atoms with E-state index < -0.39 is 18.1 Å². The van der Waals surface area contributed by atoms with Crippen molar-refractivity contribution in [2.75, 3.05) is 0 Å². The van der Waals surface area contributed by atoms with E-state index in [1.165, 1.54) is 35.6 Å². The van der Waals surface area contributed by atoms with Crippen LogP contribution >= 0.6 is 11.3 Å². The van der Waals surface area contributed by atoms with Gasteiger partial charge in [-0.1, -0.05) is 30.3 Å². The SMILES string of the molecule is O=C(O)C/C(=C\c1ccccc1OC(F)(F)F)c1nc2ccccc2s1. The van der Waals surface area contributed by atoms with Crippen LogP contribution in [0.4, 0.5) is 13.2 Å². The Morgan fingerprint density at radius 3 is 2.54 bits per heavy atom. The fraction of sp³-hybridized carbons (Fsp3) is 0.111. The van der Waals surface area contributed by atoms with Gasteiger partial charge in [0.15, 0.2) is 0 Å². The summed E-state index contributed by atoms with van der Waals surface area (Å²) in [5.74, 6) is -1.51. The predicted octanol–water partition coefficient (Wildman–Crippen LogP) is 5.21. The van der Waals surface area contributed by atoms with Gasteiger partial charge in [-0.05, 0) is 29.8 Å². The molecule has 0 aliphatic rings. The summed E-state index contributed by atoms with van der Waals surface area (Å²) in [6.45, 7) is 0. The molecule has 0 radical (unpaired) electrons. The molecule has 0 fully saturated rings.